The molecule has 1 aliphatic heterocycles. The highest BCUT2D eigenvalue weighted by Gasteiger charge is 2.43. The lowest BCUT2D eigenvalue weighted by Gasteiger charge is -2.42. The fourth-order valence-electron chi connectivity index (χ4n) is 2.55. The third-order valence-corrected chi connectivity index (χ3v) is 3.82. The first-order valence-electron chi connectivity index (χ1n) is 8.17. The molecule has 1 heterocycles. The monoisotopic (exact) mass is 484 g/mol. The Labute approximate surface area is 173 Å². The number of aliphatic hydroxyl groups is 2. The Hall–Kier alpha value is -1.00. The topological polar surface area (TPSA) is 312 Å². The van der Waals surface area contributed by atoms with Gasteiger partial charge in [-0.2, -0.15) is 16.8 Å². The molecule has 14 N–H and O–H groups in total. The Morgan fingerprint density at radius 1 is 0.933 bits per heavy atom. The molecule has 1 fully saturated rings. The van der Waals surface area contributed by atoms with E-state index >= 15 is 0 Å². The smallest absolute Gasteiger partial charge is 0.394 e. The van der Waals surface area contributed by atoms with Crippen LogP contribution >= 0.6 is 0 Å². The van der Waals surface area contributed by atoms with Crippen LogP contribution in [0.3, 0.4) is 0 Å². The summed E-state index contributed by atoms with van der Waals surface area (Å²) in [6, 6.07) is -1.44. The number of nitrogens with two attached hydrogens (primary N) is 4. The van der Waals surface area contributed by atoms with Crippen LogP contribution in [0.5, 0.6) is 0 Å². The van der Waals surface area contributed by atoms with Crippen LogP contribution in [0.4, 0.5) is 0 Å². The van der Waals surface area contributed by atoms with Gasteiger partial charge in [-0.25, -0.2) is 0 Å². The van der Waals surface area contributed by atoms with Gasteiger partial charge in [-0.1, -0.05) is 0 Å². The summed E-state index contributed by atoms with van der Waals surface area (Å²) < 4.78 is 74.4. The molecule has 30 heavy (non-hydrogen) atoms. The van der Waals surface area contributed by atoms with E-state index in [0.29, 0.717) is 18.6 Å². The predicted octanol–water partition coefficient (Wildman–Crippen LogP) is -4.24. The number of hydrogen-bond donors (Lipinski definition) is 10. The fraction of sp³-hybridized carbons (Fsp3) is 0.833. The molecule has 0 aromatic heterocycles. The maximum atomic E-state index is 10.0. The van der Waals surface area contributed by atoms with Crippen molar-refractivity contribution in [3.63, 3.8) is 0 Å². The first-order valence-corrected chi connectivity index (χ1v) is 11.0. The third-order valence-electron chi connectivity index (χ3n) is 3.82. The minimum atomic E-state index is -4.67. The second-order valence-corrected chi connectivity index (χ2v) is 8.09. The maximum absolute atomic E-state index is 10.0. The predicted molar refractivity (Wildman–Crippen MR) is 100 cm³/mol. The van der Waals surface area contributed by atoms with Crippen molar-refractivity contribution < 1.29 is 54.7 Å². The molecule has 0 spiro atoms. The summed E-state index contributed by atoms with van der Waals surface area (Å²) in [7, 11) is -9.33. The zero-order chi connectivity index (χ0) is 23.9. The minimum Gasteiger partial charge on any atom is -0.467 e. The van der Waals surface area contributed by atoms with Crippen LogP contribution in [-0.2, 0) is 30.3 Å². The van der Waals surface area contributed by atoms with E-state index < -0.39 is 57.5 Å². The van der Waals surface area contributed by atoms with Gasteiger partial charge in [0, 0.05) is 12.1 Å². The van der Waals surface area contributed by atoms with Crippen molar-refractivity contribution in [2.45, 2.75) is 55.6 Å². The molecule has 0 radical (unpaired) electrons. The first-order chi connectivity index (χ1) is 13.4. The summed E-state index contributed by atoms with van der Waals surface area (Å²) in [6.45, 7) is 0.249. The molecule has 0 amide bonds. The second-order valence-electron chi connectivity index (χ2n) is 6.30. The number of hydrogen-bond acceptors (Lipinski definition) is 12. The molecule has 0 saturated heterocycles. The Kier molecular flexibility index (Phi) is 11.7. The molecule has 0 aromatic carbocycles. The van der Waals surface area contributed by atoms with Crippen molar-refractivity contribution in [1.82, 2.24) is 0 Å². The summed E-state index contributed by atoms with van der Waals surface area (Å²) in [6.07, 6.45) is -1.04. The van der Waals surface area contributed by atoms with Crippen molar-refractivity contribution in [3.8, 4) is 0 Å². The maximum Gasteiger partial charge on any atom is 0.394 e. The quantitative estimate of drug-likeness (QED) is 0.169. The summed E-state index contributed by atoms with van der Waals surface area (Å²) in [5.74, 6) is 0.591. The van der Waals surface area contributed by atoms with Crippen LogP contribution in [0.15, 0.2) is 11.8 Å². The largest absolute Gasteiger partial charge is 0.467 e. The Balaban J connectivity index is 0.000000702. The Morgan fingerprint density at radius 2 is 1.40 bits per heavy atom. The van der Waals surface area contributed by atoms with Crippen LogP contribution in [0, 0.1) is 0 Å². The van der Waals surface area contributed by atoms with Gasteiger partial charge in [-0.15, -0.1) is 0 Å². The zero-order valence-corrected chi connectivity index (χ0v) is 17.1. The van der Waals surface area contributed by atoms with Crippen LogP contribution in [0.1, 0.15) is 12.8 Å². The van der Waals surface area contributed by atoms with E-state index in [1.54, 1.807) is 0 Å². The van der Waals surface area contributed by atoms with Gasteiger partial charge >= 0.3 is 20.8 Å². The average Bonchev–Trinajstić information content (AvgIpc) is 2.55. The molecule has 1 saturated carbocycles. The molecular formula is C12H28N4O12S2. The Bertz CT molecular complexity index is 715. The van der Waals surface area contributed by atoms with E-state index in [1.807, 2.05) is 6.08 Å². The summed E-state index contributed by atoms with van der Waals surface area (Å²) in [4.78, 5) is 0. The summed E-state index contributed by atoms with van der Waals surface area (Å²) in [5, 5.41) is 19.9. The standard InChI is InChI=1S/C12H24N4O4.2H2O4S/c13-4-5-1-2-6(14)12(19-5)20-11-8(16)3-7(15)9(17)10(11)18;2*1-5(2,3)4/h1,6-12,17-18H,2-4,13-16H2;2*(H2,1,2,3,4)/t6-,7-,8+,9+,10-,11-,12-;;/m1../s1. The van der Waals surface area contributed by atoms with Gasteiger partial charge in [0.05, 0.1) is 18.7 Å². The molecule has 18 heteroatoms. The zero-order valence-electron chi connectivity index (χ0n) is 15.5. The van der Waals surface area contributed by atoms with Crippen LogP contribution < -0.4 is 22.9 Å². The molecule has 16 nitrogen and oxygen atoms in total. The van der Waals surface area contributed by atoms with Gasteiger partial charge in [0.15, 0.2) is 0 Å². The highest BCUT2D eigenvalue weighted by Crippen LogP contribution is 2.25. The number of ether oxygens (including phenoxy) is 2. The van der Waals surface area contributed by atoms with Gasteiger partial charge < -0.3 is 42.6 Å². The van der Waals surface area contributed by atoms with Crippen molar-refractivity contribution in [2.75, 3.05) is 6.54 Å². The van der Waals surface area contributed by atoms with Crippen LogP contribution in [-0.4, -0.2) is 94.5 Å². The van der Waals surface area contributed by atoms with E-state index in [1.165, 1.54) is 0 Å². The number of aliphatic hydroxyl groups excluding tert-OH is 2. The fourth-order valence-corrected chi connectivity index (χ4v) is 2.55. The second kappa shape index (κ2) is 12.1. The average molecular weight is 485 g/mol. The van der Waals surface area contributed by atoms with Crippen molar-refractivity contribution in [3.05, 3.63) is 11.8 Å². The van der Waals surface area contributed by atoms with Crippen molar-refractivity contribution in [1.29, 1.82) is 0 Å². The van der Waals surface area contributed by atoms with Crippen LogP contribution in [0.25, 0.3) is 0 Å². The molecule has 2 rings (SSSR count). The van der Waals surface area contributed by atoms with Gasteiger partial charge in [0.2, 0.25) is 6.29 Å². The molecular weight excluding hydrogens is 456 g/mol. The lowest BCUT2D eigenvalue weighted by molar-refractivity contribution is -0.216. The van der Waals surface area contributed by atoms with E-state index in [2.05, 4.69) is 0 Å². The van der Waals surface area contributed by atoms with Gasteiger partial charge in [0.25, 0.3) is 0 Å². The Morgan fingerprint density at radius 3 is 1.83 bits per heavy atom. The normalized spacial score (nSPS) is 34.3. The van der Waals surface area contributed by atoms with Crippen molar-refractivity contribution >= 4 is 20.8 Å². The minimum absolute atomic E-state index is 0.249. The van der Waals surface area contributed by atoms with E-state index in [4.69, 9.17) is 67.5 Å². The molecule has 0 bridgehead atoms. The molecule has 7 atom stereocenters. The SMILES string of the molecule is NCC1=CC[C@@H](N)[C@@H](O[C@H]2[C@H](O)[C@@H](O)[C@H](N)C[C@@H]2N)O1.O=S(=O)(O)O.O=S(=O)(O)O. The van der Waals surface area contributed by atoms with E-state index in [0.717, 1.165) is 0 Å². The molecule has 0 aromatic rings. The lowest BCUT2D eigenvalue weighted by atomic mass is 9.84. The van der Waals surface area contributed by atoms with E-state index in [-0.39, 0.29) is 12.6 Å². The molecule has 2 aliphatic rings. The molecule has 180 valence electrons. The highest BCUT2D eigenvalue weighted by molar-refractivity contribution is 7.80. The van der Waals surface area contributed by atoms with Gasteiger partial charge in [-0.3, -0.25) is 18.2 Å². The third kappa shape index (κ3) is 12.6. The van der Waals surface area contributed by atoms with Gasteiger partial charge in [-0.05, 0) is 18.9 Å². The van der Waals surface area contributed by atoms with E-state index in [9.17, 15) is 10.2 Å². The highest BCUT2D eigenvalue weighted by atomic mass is 32.3. The first kappa shape index (κ1) is 29.0. The summed E-state index contributed by atoms with van der Waals surface area (Å²) >= 11 is 0. The van der Waals surface area contributed by atoms with Gasteiger partial charge in [0.1, 0.15) is 18.0 Å². The van der Waals surface area contributed by atoms with Crippen molar-refractivity contribution in [2.24, 2.45) is 22.9 Å². The van der Waals surface area contributed by atoms with Crippen LogP contribution in [0.2, 0.25) is 0 Å². The number of rotatable bonds is 3. The summed E-state index contributed by atoms with van der Waals surface area (Å²) in [5.41, 5.74) is 23.1. The molecule has 1 aliphatic carbocycles. The molecule has 0 unspecified atom stereocenters. The lowest BCUT2D eigenvalue weighted by Crippen LogP contribution is -2.63.